The van der Waals surface area contributed by atoms with Crippen LogP contribution in [0.2, 0.25) is 0 Å². The van der Waals surface area contributed by atoms with Crippen molar-refractivity contribution in [3.05, 3.63) is 53.1 Å². The minimum absolute atomic E-state index is 0.0255. The molecule has 1 fully saturated rings. The first-order valence-corrected chi connectivity index (χ1v) is 9.58. The summed E-state index contributed by atoms with van der Waals surface area (Å²) in [4.78, 5) is 24.5. The molecule has 0 spiro atoms. The van der Waals surface area contributed by atoms with E-state index in [1.165, 1.54) is 12.8 Å². The third-order valence-corrected chi connectivity index (χ3v) is 5.59. The van der Waals surface area contributed by atoms with Crippen molar-refractivity contribution in [2.75, 3.05) is 25.0 Å². The second kappa shape index (κ2) is 7.52. The first kappa shape index (κ1) is 17.7. The third-order valence-electron chi connectivity index (χ3n) is 5.59. The number of aromatic nitrogens is 4. The average Bonchev–Trinajstić information content (AvgIpc) is 3.26. The predicted molar refractivity (Wildman–Crippen MR) is 108 cm³/mol. The summed E-state index contributed by atoms with van der Waals surface area (Å²) < 4.78 is 1.75. The fourth-order valence-electron chi connectivity index (χ4n) is 4.13. The fourth-order valence-corrected chi connectivity index (χ4v) is 4.13. The summed E-state index contributed by atoms with van der Waals surface area (Å²) in [5.41, 5.74) is 3.46. The van der Waals surface area contributed by atoms with Gasteiger partial charge in [0, 0.05) is 12.6 Å². The van der Waals surface area contributed by atoms with Crippen molar-refractivity contribution in [2.24, 2.45) is 5.92 Å². The molecule has 1 saturated heterocycles. The smallest absolute Gasteiger partial charge is 0.327 e. The van der Waals surface area contributed by atoms with Crippen LogP contribution in [0.3, 0.4) is 0 Å². The number of H-pyrrole nitrogens is 1. The number of hydrogen-bond acceptors (Lipinski definition) is 5. The second-order valence-electron chi connectivity index (χ2n) is 7.35. The number of hydrogen-bond donors (Lipinski definition) is 3. The number of allylic oxidation sites excluding steroid dienone is 4. The van der Waals surface area contributed by atoms with Crippen LogP contribution in [0.4, 0.5) is 5.95 Å². The summed E-state index contributed by atoms with van der Waals surface area (Å²) in [5, 5.41) is 6.76. The van der Waals surface area contributed by atoms with E-state index in [0.29, 0.717) is 23.0 Å². The highest BCUT2D eigenvalue weighted by Gasteiger charge is 2.26. The van der Waals surface area contributed by atoms with Gasteiger partial charge in [-0.25, -0.2) is 9.78 Å². The fraction of sp³-hybridized carbons (Fsp3) is 0.450. The maximum absolute atomic E-state index is 12.6. The standard InChI is InChI=1S/C20H26N6O/c1-3-14-8-16(9-15(14)4-2)26-18-17(24-20(26)27)12-23-19(25-18)22-11-13-6-5-7-21-10-13/h3-4,12-13,16,21H,1-2,5-11H2,(H,24,27)(H,22,23,25)/t13-/m0/s1. The first-order valence-electron chi connectivity index (χ1n) is 9.58. The number of nitrogens with one attached hydrogen (secondary N) is 3. The van der Waals surface area contributed by atoms with Crippen LogP contribution >= 0.6 is 0 Å². The molecule has 7 nitrogen and oxygen atoms in total. The van der Waals surface area contributed by atoms with E-state index in [9.17, 15) is 4.79 Å². The van der Waals surface area contributed by atoms with Crippen molar-refractivity contribution in [1.29, 1.82) is 0 Å². The van der Waals surface area contributed by atoms with Gasteiger partial charge in [0.15, 0.2) is 5.65 Å². The van der Waals surface area contributed by atoms with Crippen LogP contribution in [-0.2, 0) is 0 Å². The Morgan fingerprint density at radius 3 is 2.74 bits per heavy atom. The predicted octanol–water partition coefficient (Wildman–Crippen LogP) is 2.53. The summed E-state index contributed by atoms with van der Waals surface area (Å²) in [5.74, 6) is 1.15. The number of nitrogens with zero attached hydrogens (tertiary/aromatic N) is 3. The zero-order valence-electron chi connectivity index (χ0n) is 15.5. The van der Waals surface area contributed by atoms with Gasteiger partial charge in [0.25, 0.3) is 0 Å². The third kappa shape index (κ3) is 3.47. The molecule has 0 saturated carbocycles. The molecule has 4 rings (SSSR count). The molecular weight excluding hydrogens is 340 g/mol. The van der Waals surface area contributed by atoms with Gasteiger partial charge in [0.2, 0.25) is 5.95 Å². The van der Waals surface area contributed by atoms with E-state index < -0.39 is 0 Å². The number of anilines is 1. The van der Waals surface area contributed by atoms with E-state index in [1.54, 1.807) is 10.8 Å². The van der Waals surface area contributed by atoms with E-state index in [2.05, 4.69) is 38.7 Å². The summed E-state index contributed by atoms with van der Waals surface area (Å²) in [6, 6.07) is 0.0255. The summed E-state index contributed by atoms with van der Waals surface area (Å²) in [6.45, 7) is 10.7. The summed E-state index contributed by atoms with van der Waals surface area (Å²) in [6.07, 6.45) is 9.34. The zero-order chi connectivity index (χ0) is 18.8. The molecule has 3 heterocycles. The Bertz CT molecular complexity index is 927. The molecule has 0 aromatic carbocycles. The second-order valence-corrected chi connectivity index (χ2v) is 7.35. The van der Waals surface area contributed by atoms with Crippen LogP contribution in [0.1, 0.15) is 31.7 Å². The lowest BCUT2D eigenvalue weighted by atomic mass is 10.00. The SMILES string of the molecule is C=CC1=C(C=C)CC(n2c(=O)[nH]c3cnc(NC[C@H]4CCCNC4)nc32)C1. The van der Waals surface area contributed by atoms with Crippen molar-refractivity contribution in [3.63, 3.8) is 0 Å². The van der Waals surface area contributed by atoms with E-state index >= 15 is 0 Å². The Kier molecular flexibility index (Phi) is 4.94. The molecule has 1 atom stereocenters. The largest absolute Gasteiger partial charge is 0.354 e. The normalized spacial score (nSPS) is 21.0. The molecule has 0 unspecified atom stereocenters. The molecule has 2 aromatic rings. The Hall–Kier alpha value is -2.67. The van der Waals surface area contributed by atoms with E-state index in [4.69, 9.17) is 0 Å². The number of rotatable bonds is 6. The van der Waals surface area contributed by atoms with Gasteiger partial charge in [-0.2, -0.15) is 4.98 Å². The van der Waals surface area contributed by atoms with Gasteiger partial charge in [-0.1, -0.05) is 25.3 Å². The van der Waals surface area contributed by atoms with Gasteiger partial charge in [-0.05, 0) is 55.8 Å². The molecule has 0 radical (unpaired) electrons. The highest BCUT2D eigenvalue weighted by atomic mass is 16.1. The molecule has 2 aliphatic rings. The minimum Gasteiger partial charge on any atom is -0.354 e. The monoisotopic (exact) mass is 366 g/mol. The molecule has 7 heteroatoms. The molecule has 0 amide bonds. The Balaban J connectivity index is 1.58. The maximum Gasteiger partial charge on any atom is 0.327 e. The quantitative estimate of drug-likeness (QED) is 0.731. The summed E-state index contributed by atoms with van der Waals surface area (Å²) in [7, 11) is 0. The molecule has 1 aliphatic carbocycles. The van der Waals surface area contributed by atoms with E-state index in [-0.39, 0.29) is 11.7 Å². The van der Waals surface area contributed by atoms with Gasteiger partial charge in [0.1, 0.15) is 5.52 Å². The molecule has 0 bridgehead atoms. The number of piperidine rings is 1. The van der Waals surface area contributed by atoms with Crippen LogP contribution in [0.5, 0.6) is 0 Å². The van der Waals surface area contributed by atoms with Gasteiger partial charge >= 0.3 is 5.69 Å². The van der Waals surface area contributed by atoms with Crippen molar-refractivity contribution in [2.45, 2.75) is 31.7 Å². The molecule has 27 heavy (non-hydrogen) atoms. The lowest BCUT2D eigenvalue weighted by Gasteiger charge is -2.22. The van der Waals surface area contributed by atoms with Crippen LogP contribution in [-0.4, -0.2) is 39.2 Å². The van der Waals surface area contributed by atoms with Crippen LogP contribution in [0, 0.1) is 5.92 Å². The molecule has 2 aromatic heterocycles. The topological polar surface area (TPSA) is 87.6 Å². The average molecular weight is 366 g/mol. The molecule has 1 aliphatic heterocycles. The highest BCUT2D eigenvalue weighted by Crippen LogP contribution is 2.36. The van der Waals surface area contributed by atoms with Crippen LogP contribution < -0.4 is 16.3 Å². The zero-order valence-corrected chi connectivity index (χ0v) is 15.5. The Labute approximate surface area is 158 Å². The molecular formula is C20H26N6O. The van der Waals surface area contributed by atoms with Crippen LogP contribution in [0.15, 0.2) is 47.4 Å². The summed E-state index contributed by atoms with van der Waals surface area (Å²) >= 11 is 0. The molecule has 142 valence electrons. The molecule has 3 N–H and O–H groups in total. The Morgan fingerprint density at radius 2 is 2.07 bits per heavy atom. The van der Waals surface area contributed by atoms with Crippen LogP contribution in [0.25, 0.3) is 11.2 Å². The lowest BCUT2D eigenvalue weighted by molar-refractivity contribution is 0.392. The lowest BCUT2D eigenvalue weighted by Crippen LogP contribution is -2.33. The van der Waals surface area contributed by atoms with Gasteiger partial charge < -0.3 is 15.6 Å². The Morgan fingerprint density at radius 1 is 1.30 bits per heavy atom. The first-order chi connectivity index (χ1) is 13.2. The highest BCUT2D eigenvalue weighted by molar-refractivity contribution is 5.71. The number of fused-ring (bicyclic) bond motifs is 1. The minimum atomic E-state index is -0.147. The number of imidazole rings is 1. The maximum atomic E-state index is 12.6. The van der Waals surface area contributed by atoms with Crippen molar-refractivity contribution >= 4 is 17.1 Å². The van der Waals surface area contributed by atoms with Gasteiger partial charge in [-0.15, -0.1) is 0 Å². The van der Waals surface area contributed by atoms with Crippen molar-refractivity contribution in [3.8, 4) is 0 Å². The van der Waals surface area contributed by atoms with Gasteiger partial charge in [0.05, 0.1) is 6.20 Å². The van der Waals surface area contributed by atoms with E-state index in [0.717, 1.165) is 43.6 Å². The number of aromatic amines is 1. The van der Waals surface area contributed by atoms with Crippen molar-refractivity contribution < 1.29 is 0 Å². The van der Waals surface area contributed by atoms with E-state index in [1.807, 2.05) is 12.2 Å². The van der Waals surface area contributed by atoms with Gasteiger partial charge in [-0.3, -0.25) is 4.57 Å². The van der Waals surface area contributed by atoms with Crippen molar-refractivity contribution in [1.82, 2.24) is 24.8 Å².